The molecule has 0 N–H and O–H groups in total. The van der Waals surface area contributed by atoms with Gasteiger partial charge in [0.05, 0.1) is 0 Å². The molecule has 0 radical (unpaired) electrons. The van der Waals surface area contributed by atoms with Crippen molar-refractivity contribution >= 4 is 58.8 Å². The van der Waals surface area contributed by atoms with Crippen molar-refractivity contribution in [2.45, 2.75) is 13.1 Å². The number of pyridine rings is 2. The predicted octanol–water partition coefficient (Wildman–Crippen LogP) is 3.56. The maximum atomic E-state index is 4.03. The van der Waals surface area contributed by atoms with Gasteiger partial charge < -0.3 is 24.8 Å². The first-order valence-electron chi connectivity index (χ1n) is 11.4. The van der Waals surface area contributed by atoms with E-state index in [1.54, 1.807) is 23.3 Å². The molecule has 0 unspecified atom stereocenters. The molecule has 0 aliphatic rings. The van der Waals surface area contributed by atoms with Gasteiger partial charge in [-0.25, -0.2) is 0 Å². The third-order valence-electron chi connectivity index (χ3n) is 5.42. The summed E-state index contributed by atoms with van der Waals surface area (Å²) in [6.07, 6.45) is 7.29. The Hall–Kier alpha value is -1.40. The Balaban J connectivity index is 0.000000224. The fraction of sp³-hybridized carbons (Fsp3) is 0.0667. The molecule has 2 aromatic heterocycles. The third-order valence-corrected chi connectivity index (χ3v) is 6.81. The van der Waals surface area contributed by atoms with E-state index < -0.39 is 0 Å². The van der Waals surface area contributed by atoms with Gasteiger partial charge in [-0.1, -0.05) is 91.5 Å². The smallest absolute Gasteiger partial charge is 1.00 e. The van der Waals surface area contributed by atoms with Gasteiger partial charge in [0.2, 0.25) is 0 Å². The normalized spacial score (nSPS) is 9.84. The molecule has 6 rings (SSSR count). The van der Waals surface area contributed by atoms with Gasteiger partial charge >= 0.3 is 41.9 Å². The molecular weight excluding hydrogens is 738 g/mol. The van der Waals surface area contributed by atoms with Crippen LogP contribution in [-0.4, -0.2) is 15.4 Å². The second kappa shape index (κ2) is 16.0. The molecule has 4 aromatic carbocycles. The van der Waals surface area contributed by atoms with E-state index in [-0.39, 0.29) is 30.2 Å². The summed E-state index contributed by atoms with van der Waals surface area (Å²) in [5, 5.41) is 5.05. The van der Waals surface area contributed by atoms with Gasteiger partial charge in [0, 0.05) is 24.8 Å². The van der Waals surface area contributed by atoms with Crippen LogP contribution in [-0.2, 0) is 23.3 Å². The minimum Gasteiger partial charge on any atom is -1.00 e. The second-order valence-corrected chi connectivity index (χ2v) is 19.5. The summed E-state index contributed by atoms with van der Waals surface area (Å²) in [5.41, 5.74) is 5.10. The molecule has 8 heteroatoms. The SMILES string of the molecule is Brc1cccc2[cH-]c(-c3ccncc3)cc12.Brc1cccc2[cH-]c(-c3ccncc3)cc12.C[Si](C)=[Zr+2].[Cl-].[Cl-]. The quantitative estimate of drug-likeness (QED) is 0.200. The summed E-state index contributed by atoms with van der Waals surface area (Å²) >= 11 is 8.88. The zero-order valence-corrected chi connectivity index (χ0v) is 28.9. The minimum atomic E-state index is 0. The van der Waals surface area contributed by atoms with Crippen molar-refractivity contribution in [1.29, 1.82) is 0 Å². The van der Waals surface area contributed by atoms with Crippen LogP contribution in [0.1, 0.15) is 0 Å². The summed E-state index contributed by atoms with van der Waals surface area (Å²) in [6, 6.07) is 29.4. The molecule has 6 aromatic rings. The fourth-order valence-electron chi connectivity index (χ4n) is 3.82. The largest absolute Gasteiger partial charge is 1.00 e. The van der Waals surface area contributed by atoms with E-state index in [4.69, 9.17) is 0 Å². The zero-order chi connectivity index (χ0) is 25.5. The Morgan fingerprint density at radius 3 is 1.29 bits per heavy atom. The molecule has 38 heavy (non-hydrogen) atoms. The summed E-state index contributed by atoms with van der Waals surface area (Å²) < 4.78 is 2.29. The van der Waals surface area contributed by atoms with Crippen LogP contribution in [0, 0.1) is 0 Å². The predicted molar refractivity (Wildman–Crippen MR) is 158 cm³/mol. The van der Waals surface area contributed by atoms with Crippen molar-refractivity contribution in [2.24, 2.45) is 0 Å². The Morgan fingerprint density at radius 2 is 0.974 bits per heavy atom. The van der Waals surface area contributed by atoms with Gasteiger partial charge in [-0.15, -0.1) is 69.1 Å². The van der Waals surface area contributed by atoms with Gasteiger partial charge in [-0.3, -0.25) is 9.97 Å². The van der Waals surface area contributed by atoms with E-state index in [9.17, 15) is 0 Å². The zero-order valence-electron chi connectivity index (χ0n) is 20.8. The Bertz CT molecular complexity index is 1480. The maximum absolute atomic E-state index is 4.03. The maximum Gasteiger partial charge on any atom is -1.00 e. The van der Waals surface area contributed by atoms with Crippen LogP contribution in [0.3, 0.4) is 0 Å². The number of hydrogen-bond acceptors (Lipinski definition) is 2. The van der Waals surface area contributed by atoms with Crippen LogP contribution in [0.2, 0.25) is 13.1 Å². The molecule has 0 saturated carbocycles. The molecule has 0 bridgehead atoms. The standard InChI is InChI=1S/2C14H9BrN.C2H6Si.2ClH.Zr/c2*15-14-3-1-2-11-8-12(9-13(11)14)10-4-6-16-7-5-10;1-3-2;;;/h2*1-9H;1-2H3;2*1H;/q2*-1;;;;+2/p-2. The van der Waals surface area contributed by atoms with E-state index in [1.807, 2.05) is 49.1 Å². The Kier molecular flexibility index (Phi) is 13.8. The third kappa shape index (κ3) is 8.81. The number of benzene rings is 2. The molecule has 2 nitrogen and oxygen atoms in total. The molecule has 0 saturated heterocycles. The summed E-state index contributed by atoms with van der Waals surface area (Å²) in [5.74, 6) is 0. The molecule has 0 aliphatic carbocycles. The first-order valence-corrected chi connectivity index (χ1v) is 19.2. The average Bonchev–Trinajstić information content (AvgIpc) is 3.52. The number of aromatic nitrogens is 2. The first-order chi connectivity index (χ1) is 17.4. The molecule has 0 spiro atoms. The molecule has 0 amide bonds. The first kappa shape index (κ1) is 32.8. The van der Waals surface area contributed by atoms with Gasteiger partial charge in [0.15, 0.2) is 0 Å². The van der Waals surface area contributed by atoms with Crippen LogP contribution in [0.15, 0.2) is 119 Å². The van der Waals surface area contributed by atoms with Crippen molar-refractivity contribution in [3.8, 4) is 22.3 Å². The molecule has 2 heterocycles. The van der Waals surface area contributed by atoms with Crippen molar-refractivity contribution in [3.63, 3.8) is 0 Å². The van der Waals surface area contributed by atoms with E-state index in [0.29, 0.717) is 0 Å². The van der Waals surface area contributed by atoms with Crippen molar-refractivity contribution in [1.82, 2.24) is 9.97 Å². The van der Waals surface area contributed by atoms with Crippen molar-refractivity contribution in [3.05, 3.63) is 119 Å². The Labute approximate surface area is 268 Å². The van der Waals surface area contributed by atoms with Crippen LogP contribution in [0.4, 0.5) is 0 Å². The molecule has 0 atom stereocenters. The van der Waals surface area contributed by atoms with Gasteiger partial charge in [-0.2, -0.15) is 0 Å². The van der Waals surface area contributed by atoms with Crippen LogP contribution < -0.4 is 24.8 Å². The van der Waals surface area contributed by atoms with Crippen molar-refractivity contribution < 1.29 is 48.1 Å². The van der Waals surface area contributed by atoms with E-state index in [0.717, 1.165) is 8.95 Å². The minimum absolute atomic E-state index is 0. The summed E-state index contributed by atoms with van der Waals surface area (Å²) in [4.78, 5) is 8.07. The van der Waals surface area contributed by atoms with Gasteiger partial charge in [0.1, 0.15) is 0 Å². The number of nitrogens with zero attached hydrogens (tertiary/aromatic N) is 2. The summed E-state index contributed by atoms with van der Waals surface area (Å²) in [7, 11) is 0. The number of rotatable bonds is 2. The topological polar surface area (TPSA) is 25.8 Å². The number of hydrogen-bond donors (Lipinski definition) is 0. The van der Waals surface area contributed by atoms with E-state index in [1.165, 1.54) is 43.8 Å². The second-order valence-electron chi connectivity index (χ2n) is 8.45. The van der Waals surface area contributed by atoms with Gasteiger partial charge in [0.25, 0.3) is 0 Å². The summed E-state index contributed by atoms with van der Waals surface area (Å²) in [6.45, 7) is 4.62. The van der Waals surface area contributed by atoms with Crippen LogP contribution >= 0.6 is 31.9 Å². The molecule has 192 valence electrons. The van der Waals surface area contributed by atoms with Crippen LogP contribution in [0.5, 0.6) is 0 Å². The Morgan fingerprint density at radius 1 is 0.632 bits per heavy atom. The number of halogens is 4. The van der Waals surface area contributed by atoms with Crippen molar-refractivity contribution in [2.75, 3.05) is 0 Å². The molecule has 0 aliphatic heterocycles. The van der Waals surface area contributed by atoms with E-state index in [2.05, 4.69) is 116 Å². The van der Waals surface area contributed by atoms with Crippen LogP contribution in [0.25, 0.3) is 43.8 Å². The number of fused-ring (bicyclic) bond motifs is 2. The average molecular weight is 763 g/mol. The molecule has 0 fully saturated rings. The fourth-order valence-corrected chi connectivity index (χ4v) is 4.81. The monoisotopic (exact) mass is 758 g/mol. The van der Waals surface area contributed by atoms with E-state index >= 15 is 0 Å². The van der Waals surface area contributed by atoms with Gasteiger partial charge in [-0.05, 0) is 8.95 Å². The molecular formula is C30H24Br2Cl2N2SiZr-2.